The summed E-state index contributed by atoms with van der Waals surface area (Å²) in [5.41, 5.74) is 1.05. The molecule has 1 aromatic carbocycles. The van der Waals surface area contributed by atoms with E-state index in [2.05, 4.69) is 9.98 Å². The number of nitrogens with one attached hydrogen (secondary N) is 2. The summed E-state index contributed by atoms with van der Waals surface area (Å²) < 4.78 is 12.7. The third-order valence-electron chi connectivity index (χ3n) is 9.77. The smallest absolute Gasteiger partial charge is 0.222 e. The molecule has 254 valence electrons. The topological polar surface area (TPSA) is 193 Å². The van der Waals surface area contributed by atoms with Crippen molar-refractivity contribution in [3.63, 3.8) is 0 Å². The summed E-state index contributed by atoms with van der Waals surface area (Å²) in [6.07, 6.45) is 6.88. The first-order valence-corrected chi connectivity index (χ1v) is 15.9. The average molecular weight is 665 g/mol. The Morgan fingerprint density at radius 2 is 1.98 bits per heavy atom. The third kappa shape index (κ3) is 5.58. The number of benzene rings is 1. The number of allylic oxidation sites excluding steroid dienone is 1. The molecule has 5 aliphatic heterocycles. The van der Waals surface area contributed by atoms with Crippen molar-refractivity contribution in [1.82, 2.24) is 0 Å². The first-order valence-electron chi connectivity index (χ1n) is 15.9. The first-order chi connectivity index (χ1) is 22.9. The van der Waals surface area contributed by atoms with Gasteiger partial charge in [-0.05, 0) is 39.0 Å². The second-order valence-corrected chi connectivity index (χ2v) is 13.5. The van der Waals surface area contributed by atoms with E-state index < -0.39 is 48.8 Å². The molecule has 6 heterocycles. The molecule has 3 unspecified atom stereocenters. The fourth-order valence-corrected chi connectivity index (χ4v) is 7.00. The minimum atomic E-state index is -2.31. The van der Waals surface area contributed by atoms with Crippen molar-refractivity contribution >= 4 is 28.1 Å². The molecule has 0 amide bonds. The highest BCUT2D eigenvalue weighted by molar-refractivity contribution is 6.07. The van der Waals surface area contributed by atoms with Gasteiger partial charge < -0.3 is 34.7 Å². The number of hydrogen-bond acceptors (Lipinski definition) is 12. The van der Waals surface area contributed by atoms with E-state index >= 15 is 0 Å². The fourth-order valence-electron chi connectivity index (χ4n) is 7.00. The molecular weight excluding hydrogens is 624 g/mol. The summed E-state index contributed by atoms with van der Waals surface area (Å²) in [6, 6.07) is 2.96. The van der Waals surface area contributed by atoms with E-state index in [1.54, 1.807) is 37.7 Å². The molecule has 7 N–H and O–H groups in total. The maximum absolute atomic E-state index is 13.2. The number of aliphatic imine (C=N–C) groups is 2. The van der Waals surface area contributed by atoms with Crippen LogP contribution in [-0.2, 0) is 16.2 Å². The molecule has 0 spiro atoms. The number of quaternary nitrogens is 2. The van der Waals surface area contributed by atoms with Gasteiger partial charge in [0.05, 0.1) is 23.8 Å². The molecule has 14 heteroatoms. The van der Waals surface area contributed by atoms with Gasteiger partial charge in [-0.3, -0.25) is 24.6 Å². The Labute approximate surface area is 275 Å². The van der Waals surface area contributed by atoms with Crippen LogP contribution in [0.1, 0.15) is 25.2 Å². The van der Waals surface area contributed by atoms with Crippen LogP contribution in [0.5, 0.6) is 5.75 Å². The van der Waals surface area contributed by atoms with E-state index in [1.165, 1.54) is 6.07 Å². The maximum atomic E-state index is 13.2. The lowest BCUT2D eigenvalue weighted by molar-refractivity contribution is -0.861. The van der Waals surface area contributed by atoms with E-state index in [-0.39, 0.29) is 24.4 Å². The summed E-state index contributed by atoms with van der Waals surface area (Å²) in [5, 5.41) is 53.9. The molecule has 7 rings (SSSR count). The number of rotatable bonds is 11. The Morgan fingerprint density at radius 1 is 1.17 bits per heavy atom. The lowest BCUT2D eigenvalue weighted by atomic mass is 9.86. The van der Waals surface area contributed by atoms with E-state index in [1.807, 2.05) is 32.2 Å². The number of ether oxygens (including phenoxy) is 1. The molecule has 0 aliphatic carbocycles. The van der Waals surface area contributed by atoms with Crippen molar-refractivity contribution in [2.75, 3.05) is 26.3 Å². The molecule has 0 fully saturated rings. The van der Waals surface area contributed by atoms with Crippen molar-refractivity contribution in [3.8, 4) is 5.75 Å². The Kier molecular flexibility index (Phi) is 8.35. The van der Waals surface area contributed by atoms with E-state index in [9.17, 15) is 30.3 Å². The molecular formula is C34H40N4O10+2. The largest absolute Gasteiger partial charge is 0.478 e. The second kappa shape index (κ2) is 12.2. The zero-order valence-corrected chi connectivity index (χ0v) is 26.8. The zero-order chi connectivity index (χ0) is 34.0. The predicted octanol–water partition coefficient (Wildman–Crippen LogP) is -1.93. The van der Waals surface area contributed by atoms with E-state index in [0.29, 0.717) is 45.2 Å². The molecule has 0 saturated carbocycles. The van der Waals surface area contributed by atoms with Crippen molar-refractivity contribution in [1.29, 1.82) is 0 Å². The van der Waals surface area contributed by atoms with Crippen LogP contribution in [-0.4, -0.2) is 105 Å². The van der Waals surface area contributed by atoms with Gasteiger partial charge in [0.15, 0.2) is 22.8 Å². The number of nitrogens with zero attached hydrogens (tertiary/aromatic N) is 2. The Balaban J connectivity index is 1.12. The highest BCUT2D eigenvalue weighted by atomic mass is 17.2. The van der Waals surface area contributed by atoms with Gasteiger partial charge in [0.2, 0.25) is 11.3 Å². The zero-order valence-electron chi connectivity index (χ0n) is 26.8. The highest BCUT2D eigenvalue weighted by Gasteiger charge is 2.52. The monoisotopic (exact) mass is 664 g/mol. The Morgan fingerprint density at radius 3 is 2.75 bits per heavy atom. The summed E-state index contributed by atoms with van der Waals surface area (Å²) in [6.45, 7) is 4.28. The SMILES string of the molecule is Cc1cc(=O)c2cc3c(c([NH+]4C=C5C=CN=C5C4)c2o1)OC(C)(C)[C@H](OOC[C@H](O)[C@](O)(C[NH+]1C=CC2=NC=CC21)[C@H](O)[C@H](O)CO)C3. The van der Waals surface area contributed by atoms with Crippen molar-refractivity contribution < 1.29 is 54.3 Å². The van der Waals surface area contributed by atoms with E-state index in [4.69, 9.17) is 18.9 Å². The Hall–Kier alpha value is -3.83. The Bertz CT molecular complexity index is 1880. The lowest BCUT2D eigenvalue weighted by Gasteiger charge is -2.40. The van der Waals surface area contributed by atoms with Crippen molar-refractivity contribution in [3.05, 3.63) is 82.3 Å². The lowest BCUT2D eigenvalue weighted by Crippen LogP contribution is -3.13. The number of aliphatic hydroxyl groups excluding tert-OH is 4. The maximum Gasteiger partial charge on any atom is 0.222 e. The number of aliphatic hydroxyl groups is 5. The standard InChI is InChI=1S/C34H38N4O10/c1-18-10-25(40)21-11-20-12-28(33(2,3)47-30(20)29(31(21)46-18)38-13-19-4-7-36-23(19)14-38)48-45-16-27(42)34(44,32(43)26(41)15-39)17-37-9-6-22-24(37)5-8-35-22/h4-11,13,24,26-28,32,39,41-44H,12,14-17H2,1-3H3/p+2/t24?,26-,27+,28-,32-,34-/m1/s1. The normalized spacial score (nSPS) is 27.9. The van der Waals surface area contributed by atoms with Gasteiger partial charge in [0.1, 0.15) is 73.1 Å². The van der Waals surface area contributed by atoms with Crippen LogP contribution in [0.4, 0.5) is 5.69 Å². The van der Waals surface area contributed by atoms with Crippen LogP contribution in [0.3, 0.4) is 0 Å². The third-order valence-corrected chi connectivity index (χ3v) is 9.77. The minimum absolute atomic E-state index is 0.187. The van der Waals surface area contributed by atoms with Crippen LogP contribution in [0.2, 0.25) is 0 Å². The molecule has 48 heavy (non-hydrogen) atoms. The molecule has 1 aromatic heterocycles. The van der Waals surface area contributed by atoms with Gasteiger partial charge in [-0.15, -0.1) is 0 Å². The van der Waals surface area contributed by atoms with E-state index in [0.717, 1.165) is 21.9 Å². The van der Waals surface area contributed by atoms with Crippen LogP contribution < -0.4 is 20.0 Å². The van der Waals surface area contributed by atoms with Gasteiger partial charge in [-0.1, -0.05) is 0 Å². The van der Waals surface area contributed by atoms with Gasteiger partial charge >= 0.3 is 0 Å². The second-order valence-electron chi connectivity index (χ2n) is 13.5. The number of hydrogen-bond donors (Lipinski definition) is 7. The summed E-state index contributed by atoms with van der Waals surface area (Å²) >= 11 is 0. The highest BCUT2D eigenvalue weighted by Crippen LogP contribution is 2.43. The molecule has 0 saturated heterocycles. The van der Waals surface area contributed by atoms with Gasteiger partial charge in [0, 0.05) is 36.5 Å². The summed E-state index contributed by atoms with van der Waals surface area (Å²) in [5.74, 6) is 1.05. The quantitative estimate of drug-likeness (QED) is 0.105. The minimum Gasteiger partial charge on any atom is -0.478 e. The first kappa shape index (κ1) is 32.7. The molecule has 8 atom stereocenters. The summed E-state index contributed by atoms with van der Waals surface area (Å²) in [7, 11) is 0. The fraction of sp³-hybridized carbons (Fsp3) is 0.441. The number of aryl methyl sites for hydroxylation is 1. The predicted molar refractivity (Wildman–Crippen MR) is 172 cm³/mol. The van der Waals surface area contributed by atoms with Crippen LogP contribution in [0.15, 0.2) is 79.9 Å². The average Bonchev–Trinajstić information content (AvgIpc) is 3.83. The molecule has 0 bridgehead atoms. The van der Waals surface area contributed by atoms with Crippen LogP contribution in [0, 0.1) is 6.92 Å². The van der Waals surface area contributed by atoms with Crippen LogP contribution in [0.25, 0.3) is 11.0 Å². The molecule has 2 aromatic rings. The van der Waals surface area contributed by atoms with Gasteiger partial charge in [0.25, 0.3) is 0 Å². The van der Waals surface area contributed by atoms with Crippen molar-refractivity contribution in [2.24, 2.45) is 9.98 Å². The number of fused-ring (bicyclic) bond motifs is 4. The van der Waals surface area contributed by atoms with Crippen molar-refractivity contribution in [2.45, 2.75) is 68.9 Å². The van der Waals surface area contributed by atoms with Gasteiger partial charge in [-0.2, -0.15) is 0 Å². The van der Waals surface area contributed by atoms with Gasteiger partial charge in [-0.25, -0.2) is 9.78 Å². The summed E-state index contributed by atoms with van der Waals surface area (Å²) in [4.78, 5) is 34.8. The molecule has 14 nitrogen and oxygen atoms in total. The molecule has 5 aliphatic rings. The van der Waals surface area contributed by atoms with Crippen LogP contribution >= 0.6 is 0 Å². The molecule has 0 radical (unpaired) electrons.